The van der Waals surface area contributed by atoms with E-state index < -0.39 is 22.8 Å². The van der Waals surface area contributed by atoms with Gasteiger partial charge in [0.1, 0.15) is 0 Å². The molecule has 198 valence electrons. The summed E-state index contributed by atoms with van der Waals surface area (Å²) in [6.07, 6.45) is 2.89. The molecule has 0 aliphatic heterocycles. The molecule has 0 saturated heterocycles. The highest BCUT2D eigenvalue weighted by molar-refractivity contribution is 7.54. The van der Waals surface area contributed by atoms with E-state index in [4.69, 9.17) is 27.1 Å². The second-order valence-electron chi connectivity index (χ2n) is 8.09. The minimum absolute atomic E-state index is 0.0435. The van der Waals surface area contributed by atoms with Crippen molar-refractivity contribution in [2.24, 2.45) is 17.8 Å². The Morgan fingerprint density at radius 1 is 0.515 bits per heavy atom. The van der Waals surface area contributed by atoms with Crippen LogP contribution in [0.5, 0.6) is 0 Å². The molecule has 0 bridgehead atoms. The Balaban J connectivity index is 3.13. The van der Waals surface area contributed by atoms with Gasteiger partial charge in [0.05, 0.1) is 58.1 Å². The molecule has 0 unspecified atom stereocenters. The molecule has 1 aliphatic rings. The van der Waals surface area contributed by atoms with E-state index in [0.29, 0.717) is 39.0 Å². The molecule has 0 N–H and O–H groups in total. The van der Waals surface area contributed by atoms with Crippen molar-refractivity contribution in [3.05, 3.63) is 0 Å². The van der Waals surface area contributed by atoms with Crippen molar-refractivity contribution in [2.45, 2.75) is 60.8 Å². The Hall–Kier alpha value is 0.450. The van der Waals surface area contributed by atoms with Gasteiger partial charge in [-0.25, -0.2) is 0 Å². The van der Waals surface area contributed by atoms with Crippen molar-refractivity contribution in [2.75, 3.05) is 58.1 Å². The summed E-state index contributed by atoms with van der Waals surface area (Å²) in [6.45, 7) is 12.5. The Bertz CT molecular complexity index is 658. The van der Waals surface area contributed by atoms with Crippen molar-refractivity contribution < 1.29 is 40.8 Å². The monoisotopic (exact) mass is 534 g/mol. The molecule has 1 rings (SSSR count). The van der Waals surface area contributed by atoms with Crippen LogP contribution in [0, 0.1) is 17.8 Å². The van der Waals surface area contributed by atoms with Gasteiger partial charge in [-0.05, 0) is 78.6 Å². The predicted molar refractivity (Wildman–Crippen MR) is 131 cm³/mol. The van der Waals surface area contributed by atoms with Crippen LogP contribution in [0.3, 0.4) is 0 Å². The van der Waals surface area contributed by atoms with E-state index >= 15 is 0 Å². The molecule has 1 saturated carbocycles. The SMILES string of the molecule is CCOP(=O)(C[C@H]1CC[C@@H](CP(=O)(OCC)OCC)[C@H](CP(=O)(OCC)OCC)C1)OCC. The lowest BCUT2D eigenvalue weighted by Crippen LogP contribution is -2.32. The van der Waals surface area contributed by atoms with Gasteiger partial charge in [-0.2, -0.15) is 0 Å². The molecule has 12 heteroatoms. The maximum absolute atomic E-state index is 13.4. The minimum Gasteiger partial charge on any atom is -0.309 e. The van der Waals surface area contributed by atoms with Crippen LogP contribution in [0.1, 0.15) is 60.8 Å². The quantitative estimate of drug-likeness (QED) is 0.175. The molecule has 0 aromatic heterocycles. The van der Waals surface area contributed by atoms with Gasteiger partial charge in [0.25, 0.3) is 0 Å². The summed E-state index contributed by atoms with van der Waals surface area (Å²) in [4.78, 5) is 0. The highest BCUT2D eigenvalue weighted by Gasteiger charge is 2.42. The molecular formula is C21H45O9P3. The summed E-state index contributed by atoms with van der Waals surface area (Å²) in [6, 6.07) is 0. The molecule has 0 spiro atoms. The molecule has 0 radical (unpaired) electrons. The van der Waals surface area contributed by atoms with Gasteiger partial charge in [0.2, 0.25) is 0 Å². The van der Waals surface area contributed by atoms with Crippen LogP contribution in [0.25, 0.3) is 0 Å². The lowest BCUT2D eigenvalue weighted by Gasteiger charge is -2.39. The Morgan fingerprint density at radius 2 is 0.848 bits per heavy atom. The van der Waals surface area contributed by atoms with Gasteiger partial charge in [-0.1, -0.05) is 0 Å². The number of hydrogen-bond donors (Lipinski definition) is 0. The smallest absolute Gasteiger partial charge is 0.309 e. The highest BCUT2D eigenvalue weighted by Crippen LogP contribution is 2.59. The summed E-state index contributed by atoms with van der Waals surface area (Å²) in [7, 11) is -9.81. The zero-order valence-corrected chi connectivity index (χ0v) is 23.9. The number of hydrogen-bond acceptors (Lipinski definition) is 9. The second kappa shape index (κ2) is 15.5. The first-order valence-electron chi connectivity index (χ1n) is 12.3. The third-order valence-corrected chi connectivity index (χ3v) is 12.3. The van der Waals surface area contributed by atoms with E-state index in [1.807, 2.05) is 0 Å². The van der Waals surface area contributed by atoms with E-state index in [-0.39, 0.29) is 43.3 Å². The fourth-order valence-electron chi connectivity index (χ4n) is 4.55. The molecule has 3 atom stereocenters. The third-order valence-electron chi connectivity index (χ3n) is 5.60. The first-order valence-corrected chi connectivity index (χ1v) is 17.4. The molecule has 33 heavy (non-hydrogen) atoms. The Kier molecular flexibility index (Phi) is 14.8. The standard InChI is InChI=1S/C21H45O9P3/c1-7-25-31(22,26-8-2)16-19-13-14-20(17-32(23,27-9-3)28-10-4)21(15-19)18-33(24,29-11-5)30-12-6/h19-21H,7-18H2,1-6H3/t19-,20-,21-/m0/s1. The molecule has 1 fully saturated rings. The van der Waals surface area contributed by atoms with Crippen molar-refractivity contribution >= 4 is 22.8 Å². The van der Waals surface area contributed by atoms with Gasteiger partial charge in [-0.3, -0.25) is 13.7 Å². The topological polar surface area (TPSA) is 107 Å². The molecule has 1 aliphatic carbocycles. The van der Waals surface area contributed by atoms with E-state index in [9.17, 15) is 13.7 Å². The predicted octanol–water partition coefficient (Wildman–Crippen LogP) is 6.82. The largest absolute Gasteiger partial charge is 0.330 e. The van der Waals surface area contributed by atoms with Crippen molar-refractivity contribution in [1.82, 2.24) is 0 Å². The Labute approximate surface area is 200 Å². The third kappa shape index (κ3) is 10.9. The van der Waals surface area contributed by atoms with E-state index in [2.05, 4.69) is 0 Å². The number of rotatable bonds is 18. The molecule has 9 nitrogen and oxygen atoms in total. The average Bonchev–Trinajstić information content (AvgIpc) is 2.71. The molecule has 0 aromatic carbocycles. The van der Waals surface area contributed by atoms with Crippen molar-refractivity contribution in [3.8, 4) is 0 Å². The minimum atomic E-state index is -3.33. The van der Waals surface area contributed by atoms with Gasteiger partial charge >= 0.3 is 22.8 Å². The molecule has 0 amide bonds. The first kappa shape index (κ1) is 31.5. The maximum atomic E-state index is 13.4. The van der Waals surface area contributed by atoms with Gasteiger partial charge < -0.3 is 27.1 Å². The summed E-state index contributed by atoms with van der Waals surface area (Å²) in [5.41, 5.74) is 0. The average molecular weight is 535 g/mol. The van der Waals surface area contributed by atoms with E-state index in [1.165, 1.54) is 0 Å². The van der Waals surface area contributed by atoms with Gasteiger partial charge in [-0.15, -0.1) is 0 Å². The normalized spacial score (nSPS) is 22.5. The maximum Gasteiger partial charge on any atom is 0.330 e. The van der Waals surface area contributed by atoms with E-state index in [0.717, 1.165) is 12.8 Å². The lowest BCUT2D eigenvalue weighted by molar-refractivity contribution is 0.164. The second-order valence-corrected chi connectivity index (χ2v) is 14.4. The summed E-state index contributed by atoms with van der Waals surface area (Å²) < 4.78 is 72.9. The van der Waals surface area contributed by atoms with E-state index in [1.54, 1.807) is 41.5 Å². The lowest BCUT2D eigenvalue weighted by atomic mass is 9.76. The summed E-state index contributed by atoms with van der Waals surface area (Å²) >= 11 is 0. The fourth-order valence-corrected chi connectivity index (χ4v) is 10.8. The van der Waals surface area contributed by atoms with Crippen molar-refractivity contribution in [1.29, 1.82) is 0 Å². The van der Waals surface area contributed by atoms with Crippen molar-refractivity contribution in [3.63, 3.8) is 0 Å². The van der Waals surface area contributed by atoms with Crippen LogP contribution in [0.15, 0.2) is 0 Å². The van der Waals surface area contributed by atoms with Crippen LogP contribution in [0.2, 0.25) is 0 Å². The van der Waals surface area contributed by atoms with Crippen LogP contribution in [-0.2, 0) is 40.8 Å². The fraction of sp³-hybridized carbons (Fsp3) is 1.00. The summed E-state index contributed by atoms with van der Waals surface area (Å²) in [5, 5.41) is 0. The molecule has 0 aromatic rings. The van der Waals surface area contributed by atoms with Crippen LogP contribution >= 0.6 is 22.8 Å². The summed E-state index contributed by atoms with van der Waals surface area (Å²) in [5.74, 6) is -0.0953. The first-order chi connectivity index (χ1) is 15.6. The van der Waals surface area contributed by atoms with Gasteiger partial charge in [0.15, 0.2) is 0 Å². The molecule has 0 heterocycles. The van der Waals surface area contributed by atoms with Crippen LogP contribution in [-0.4, -0.2) is 58.1 Å². The van der Waals surface area contributed by atoms with Gasteiger partial charge in [0, 0.05) is 0 Å². The zero-order chi connectivity index (χ0) is 25.0. The van der Waals surface area contributed by atoms with Crippen LogP contribution < -0.4 is 0 Å². The molecular weight excluding hydrogens is 489 g/mol. The zero-order valence-electron chi connectivity index (χ0n) is 21.2. The Morgan fingerprint density at radius 3 is 1.21 bits per heavy atom. The highest BCUT2D eigenvalue weighted by atomic mass is 31.2. The van der Waals surface area contributed by atoms with Crippen LogP contribution in [0.4, 0.5) is 0 Å².